The number of allylic oxidation sites excluding steroid dienone is 1. The molecule has 1 saturated heterocycles. The van der Waals surface area contributed by atoms with E-state index in [1.165, 1.54) is 12.1 Å². The van der Waals surface area contributed by atoms with E-state index in [1.54, 1.807) is 17.8 Å². The molecule has 0 bridgehead atoms. The highest BCUT2D eigenvalue weighted by atomic mass is 16.5. The zero-order valence-electron chi connectivity index (χ0n) is 9.98. The molecule has 0 amide bonds. The number of hydrogen-bond donors (Lipinski definition) is 1. The van der Waals surface area contributed by atoms with Crippen LogP contribution >= 0.6 is 0 Å². The maximum absolute atomic E-state index is 11.3. The predicted octanol–water partition coefficient (Wildman–Crippen LogP) is 1.17. The van der Waals surface area contributed by atoms with E-state index in [0.29, 0.717) is 6.61 Å². The quantitative estimate of drug-likeness (QED) is 0.796. The maximum Gasteiger partial charge on any atom is 0.327 e. The molecule has 0 aromatic carbocycles. The highest BCUT2D eigenvalue weighted by Gasteiger charge is 2.07. The van der Waals surface area contributed by atoms with E-state index in [9.17, 15) is 4.79 Å². The standard InChI is InChI=1S/C12H17N3O2/c1-2-17-12(16)9-15-8-10(7-14-15)6-11-4-3-5-13-11/h6-8,13H,2-5,9H2,1H3. The van der Waals surface area contributed by atoms with Crippen LogP contribution in [-0.2, 0) is 16.1 Å². The molecular weight excluding hydrogens is 218 g/mol. The van der Waals surface area contributed by atoms with Crippen molar-refractivity contribution in [2.45, 2.75) is 26.3 Å². The minimum Gasteiger partial charge on any atom is -0.465 e. The fourth-order valence-corrected chi connectivity index (χ4v) is 1.82. The molecule has 0 spiro atoms. The Balaban J connectivity index is 1.95. The van der Waals surface area contributed by atoms with Crippen molar-refractivity contribution in [2.75, 3.05) is 13.2 Å². The second-order valence-electron chi connectivity index (χ2n) is 3.98. The summed E-state index contributed by atoms with van der Waals surface area (Å²) in [5, 5.41) is 7.43. The van der Waals surface area contributed by atoms with Crippen molar-refractivity contribution in [3.63, 3.8) is 0 Å². The van der Waals surface area contributed by atoms with Crippen LogP contribution in [0.1, 0.15) is 25.3 Å². The van der Waals surface area contributed by atoms with Crippen molar-refractivity contribution in [1.82, 2.24) is 15.1 Å². The summed E-state index contributed by atoms with van der Waals surface area (Å²) in [5.74, 6) is -0.256. The molecule has 1 fully saturated rings. The third-order valence-electron chi connectivity index (χ3n) is 2.57. The van der Waals surface area contributed by atoms with Gasteiger partial charge in [0.15, 0.2) is 0 Å². The van der Waals surface area contributed by atoms with Crippen LogP contribution in [0.2, 0.25) is 0 Å². The van der Waals surface area contributed by atoms with Crippen molar-refractivity contribution in [2.24, 2.45) is 0 Å². The largest absolute Gasteiger partial charge is 0.465 e. The molecule has 92 valence electrons. The third-order valence-corrected chi connectivity index (χ3v) is 2.57. The van der Waals surface area contributed by atoms with E-state index in [-0.39, 0.29) is 12.5 Å². The molecule has 0 atom stereocenters. The first-order chi connectivity index (χ1) is 8.28. The highest BCUT2D eigenvalue weighted by molar-refractivity contribution is 5.69. The zero-order chi connectivity index (χ0) is 12.1. The molecule has 1 aromatic rings. The lowest BCUT2D eigenvalue weighted by Crippen LogP contribution is -2.13. The molecule has 1 aromatic heterocycles. The monoisotopic (exact) mass is 235 g/mol. The Hall–Kier alpha value is -1.78. The van der Waals surface area contributed by atoms with Crippen molar-refractivity contribution in [3.05, 3.63) is 23.7 Å². The van der Waals surface area contributed by atoms with Gasteiger partial charge in [-0.3, -0.25) is 9.48 Å². The van der Waals surface area contributed by atoms with Gasteiger partial charge in [0.05, 0.1) is 12.8 Å². The fourth-order valence-electron chi connectivity index (χ4n) is 1.82. The minimum absolute atomic E-state index is 0.171. The second kappa shape index (κ2) is 5.52. The third kappa shape index (κ3) is 3.34. The van der Waals surface area contributed by atoms with Gasteiger partial charge in [-0.05, 0) is 25.8 Å². The Labute approximate surface area is 100 Å². The van der Waals surface area contributed by atoms with E-state index in [4.69, 9.17) is 4.74 Å². The molecule has 0 aliphatic carbocycles. The highest BCUT2D eigenvalue weighted by Crippen LogP contribution is 2.13. The van der Waals surface area contributed by atoms with Crippen LogP contribution in [0.3, 0.4) is 0 Å². The van der Waals surface area contributed by atoms with Gasteiger partial charge in [-0.1, -0.05) is 0 Å². The summed E-state index contributed by atoms with van der Waals surface area (Å²) in [6.45, 7) is 3.41. The molecule has 5 nitrogen and oxygen atoms in total. The lowest BCUT2D eigenvalue weighted by molar-refractivity contribution is -0.144. The second-order valence-corrected chi connectivity index (χ2v) is 3.98. The Morgan fingerprint density at radius 1 is 1.71 bits per heavy atom. The van der Waals surface area contributed by atoms with E-state index in [0.717, 1.165) is 18.5 Å². The van der Waals surface area contributed by atoms with Crippen LogP contribution in [0, 0.1) is 0 Å². The van der Waals surface area contributed by atoms with Gasteiger partial charge >= 0.3 is 5.97 Å². The van der Waals surface area contributed by atoms with Crippen LogP contribution in [0.5, 0.6) is 0 Å². The number of rotatable bonds is 4. The average molecular weight is 235 g/mol. The number of nitrogens with zero attached hydrogens (tertiary/aromatic N) is 2. The first kappa shape index (κ1) is 11.7. The molecule has 1 aliphatic heterocycles. The van der Waals surface area contributed by atoms with Gasteiger partial charge in [0.2, 0.25) is 0 Å². The first-order valence-corrected chi connectivity index (χ1v) is 5.90. The Kier molecular flexibility index (Phi) is 3.80. The smallest absolute Gasteiger partial charge is 0.327 e. The fraction of sp³-hybridized carbons (Fsp3) is 0.500. The molecule has 5 heteroatoms. The first-order valence-electron chi connectivity index (χ1n) is 5.90. The van der Waals surface area contributed by atoms with Crippen molar-refractivity contribution in [3.8, 4) is 0 Å². The van der Waals surface area contributed by atoms with Crippen LogP contribution in [-0.4, -0.2) is 28.9 Å². The molecule has 0 saturated carbocycles. The van der Waals surface area contributed by atoms with Gasteiger partial charge < -0.3 is 10.1 Å². The Morgan fingerprint density at radius 2 is 2.59 bits per heavy atom. The lowest BCUT2D eigenvalue weighted by atomic mass is 10.2. The van der Waals surface area contributed by atoms with Crippen molar-refractivity contribution in [1.29, 1.82) is 0 Å². The van der Waals surface area contributed by atoms with Crippen LogP contribution in [0.15, 0.2) is 18.1 Å². The SMILES string of the molecule is CCOC(=O)Cn1cc(C=C2CCCN2)cn1. The van der Waals surface area contributed by atoms with Gasteiger partial charge in [-0.25, -0.2) is 0 Å². The normalized spacial score (nSPS) is 17.1. The van der Waals surface area contributed by atoms with Crippen molar-refractivity contribution >= 4 is 12.0 Å². The van der Waals surface area contributed by atoms with Gasteiger partial charge in [0, 0.05) is 24.0 Å². The Bertz CT molecular complexity index is 415. The molecule has 0 radical (unpaired) electrons. The van der Waals surface area contributed by atoms with E-state index < -0.39 is 0 Å². The van der Waals surface area contributed by atoms with E-state index in [1.807, 2.05) is 6.20 Å². The van der Waals surface area contributed by atoms with E-state index >= 15 is 0 Å². The summed E-state index contributed by atoms with van der Waals surface area (Å²) in [6, 6.07) is 0. The molecule has 2 rings (SSSR count). The van der Waals surface area contributed by atoms with Crippen LogP contribution in [0.4, 0.5) is 0 Å². The zero-order valence-corrected chi connectivity index (χ0v) is 9.98. The molecule has 1 aliphatic rings. The molecule has 17 heavy (non-hydrogen) atoms. The van der Waals surface area contributed by atoms with Gasteiger partial charge in [-0.15, -0.1) is 0 Å². The minimum atomic E-state index is -0.256. The lowest BCUT2D eigenvalue weighted by Gasteiger charge is -2.00. The van der Waals surface area contributed by atoms with Crippen LogP contribution in [0.25, 0.3) is 6.08 Å². The number of ether oxygens (including phenoxy) is 1. The molecule has 2 heterocycles. The Morgan fingerprint density at radius 3 is 3.29 bits per heavy atom. The molecule has 0 unspecified atom stereocenters. The molecular formula is C12H17N3O2. The topological polar surface area (TPSA) is 56.1 Å². The summed E-state index contributed by atoms with van der Waals surface area (Å²) in [4.78, 5) is 11.3. The summed E-state index contributed by atoms with van der Waals surface area (Å²) in [5.41, 5.74) is 2.25. The number of nitrogens with one attached hydrogen (secondary N) is 1. The summed E-state index contributed by atoms with van der Waals surface area (Å²) >= 11 is 0. The predicted molar refractivity (Wildman–Crippen MR) is 64.1 cm³/mol. The number of aromatic nitrogens is 2. The summed E-state index contributed by atoms with van der Waals surface area (Å²) in [6.07, 6.45) is 7.95. The summed E-state index contributed by atoms with van der Waals surface area (Å²) in [7, 11) is 0. The summed E-state index contributed by atoms with van der Waals surface area (Å²) < 4.78 is 6.46. The number of carbonyl (C=O) groups excluding carboxylic acids is 1. The number of hydrogen-bond acceptors (Lipinski definition) is 4. The maximum atomic E-state index is 11.3. The van der Waals surface area contributed by atoms with Gasteiger partial charge in [-0.2, -0.15) is 5.10 Å². The average Bonchev–Trinajstić information content (AvgIpc) is 2.91. The van der Waals surface area contributed by atoms with Crippen molar-refractivity contribution < 1.29 is 9.53 Å². The number of carbonyl (C=O) groups is 1. The number of esters is 1. The van der Waals surface area contributed by atoms with Gasteiger partial charge in [0.1, 0.15) is 6.54 Å². The molecule has 1 N–H and O–H groups in total. The van der Waals surface area contributed by atoms with E-state index in [2.05, 4.69) is 16.5 Å². The van der Waals surface area contributed by atoms with Gasteiger partial charge in [0.25, 0.3) is 0 Å². The van der Waals surface area contributed by atoms with Crippen LogP contribution < -0.4 is 5.32 Å².